The van der Waals surface area contributed by atoms with Crippen LogP contribution >= 0.6 is 0 Å². The average Bonchev–Trinajstić information content (AvgIpc) is 2.70. The number of amides is 1. The SMILES string of the molecule is CCC(=O)N(C)C1CCCN(C2c3ccccc3Oc3ccccc32)C1. The number of piperidine rings is 1. The van der Waals surface area contributed by atoms with Gasteiger partial charge in [-0.3, -0.25) is 9.69 Å². The zero-order valence-corrected chi connectivity index (χ0v) is 15.5. The van der Waals surface area contributed by atoms with Gasteiger partial charge >= 0.3 is 0 Å². The molecule has 1 fully saturated rings. The molecule has 0 saturated carbocycles. The fraction of sp³-hybridized carbons (Fsp3) is 0.409. The maximum absolute atomic E-state index is 12.2. The Hall–Kier alpha value is -2.33. The maximum Gasteiger partial charge on any atom is 0.222 e. The summed E-state index contributed by atoms with van der Waals surface area (Å²) in [4.78, 5) is 16.6. The highest BCUT2D eigenvalue weighted by Gasteiger charge is 2.35. The summed E-state index contributed by atoms with van der Waals surface area (Å²) in [6, 6.07) is 17.1. The van der Waals surface area contributed by atoms with Crippen LogP contribution in [0.4, 0.5) is 0 Å². The van der Waals surface area contributed by atoms with E-state index in [4.69, 9.17) is 4.74 Å². The second-order valence-corrected chi connectivity index (χ2v) is 7.23. The number of ether oxygens (including phenoxy) is 1. The largest absolute Gasteiger partial charge is 0.457 e. The molecule has 2 aliphatic rings. The minimum Gasteiger partial charge on any atom is -0.457 e. The van der Waals surface area contributed by atoms with E-state index in [9.17, 15) is 4.79 Å². The first-order valence-corrected chi connectivity index (χ1v) is 9.54. The van der Waals surface area contributed by atoms with Crippen LogP contribution in [-0.2, 0) is 4.79 Å². The molecule has 2 heterocycles. The Morgan fingerprint density at radius 2 is 1.73 bits per heavy atom. The third-order valence-electron chi connectivity index (χ3n) is 5.68. The number of nitrogens with zero attached hydrogens (tertiary/aromatic N) is 2. The van der Waals surface area contributed by atoms with Crippen LogP contribution in [0, 0.1) is 0 Å². The number of likely N-dealkylation sites (N-methyl/N-ethyl adjacent to an activating group) is 1. The second kappa shape index (κ2) is 7.12. The van der Waals surface area contributed by atoms with E-state index in [0.29, 0.717) is 6.42 Å². The van der Waals surface area contributed by atoms with Gasteiger partial charge in [0.25, 0.3) is 0 Å². The lowest BCUT2D eigenvalue weighted by Gasteiger charge is -2.43. The van der Waals surface area contributed by atoms with Gasteiger partial charge < -0.3 is 9.64 Å². The molecule has 2 aromatic rings. The van der Waals surface area contributed by atoms with Gasteiger partial charge in [0.1, 0.15) is 11.5 Å². The summed E-state index contributed by atoms with van der Waals surface area (Å²) in [5.41, 5.74) is 2.44. The Morgan fingerprint density at radius 3 is 2.35 bits per heavy atom. The number of hydrogen-bond acceptors (Lipinski definition) is 3. The predicted molar refractivity (Wildman–Crippen MR) is 102 cm³/mol. The number of likely N-dealkylation sites (tertiary alicyclic amines) is 1. The minimum atomic E-state index is 0.184. The Kier molecular flexibility index (Phi) is 4.68. The summed E-state index contributed by atoms with van der Waals surface area (Å²) in [5, 5.41) is 0. The fourth-order valence-electron chi connectivity index (χ4n) is 4.27. The van der Waals surface area contributed by atoms with E-state index in [2.05, 4.69) is 29.2 Å². The van der Waals surface area contributed by atoms with Crippen molar-refractivity contribution in [1.29, 1.82) is 0 Å². The quantitative estimate of drug-likeness (QED) is 0.831. The normalized spacial score (nSPS) is 20.0. The van der Waals surface area contributed by atoms with Crippen LogP contribution in [0.15, 0.2) is 48.5 Å². The number of para-hydroxylation sites is 2. The van der Waals surface area contributed by atoms with Crippen molar-refractivity contribution in [3.05, 3.63) is 59.7 Å². The van der Waals surface area contributed by atoms with Gasteiger partial charge in [0, 0.05) is 37.2 Å². The molecule has 1 amide bonds. The monoisotopic (exact) mass is 350 g/mol. The lowest BCUT2D eigenvalue weighted by molar-refractivity contribution is -0.132. The van der Waals surface area contributed by atoms with Gasteiger partial charge in [-0.1, -0.05) is 43.3 Å². The van der Waals surface area contributed by atoms with E-state index >= 15 is 0 Å². The molecule has 0 bridgehead atoms. The molecule has 26 heavy (non-hydrogen) atoms. The third kappa shape index (κ3) is 2.99. The Balaban J connectivity index is 1.68. The van der Waals surface area contributed by atoms with Crippen molar-refractivity contribution in [3.63, 3.8) is 0 Å². The zero-order chi connectivity index (χ0) is 18.1. The minimum absolute atomic E-state index is 0.184. The van der Waals surface area contributed by atoms with Crippen molar-refractivity contribution >= 4 is 5.91 Å². The first-order valence-electron chi connectivity index (χ1n) is 9.54. The Morgan fingerprint density at radius 1 is 1.12 bits per heavy atom. The highest BCUT2D eigenvalue weighted by Crippen LogP contribution is 2.46. The van der Waals surface area contributed by atoms with E-state index in [1.807, 2.05) is 43.1 Å². The van der Waals surface area contributed by atoms with Crippen molar-refractivity contribution < 1.29 is 9.53 Å². The molecule has 0 aromatic heterocycles. The molecular formula is C22H26N2O2. The molecule has 4 nitrogen and oxygen atoms in total. The topological polar surface area (TPSA) is 32.8 Å². The molecule has 4 heteroatoms. The fourth-order valence-corrected chi connectivity index (χ4v) is 4.27. The van der Waals surface area contributed by atoms with Crippen LogP contribution in [0.25, 0.3) is 0 Å². The van der Waals surface area contributed by atoms with Crippen LogP contribution in [0.3, 0.4) is 0 Å². The first kappa shape index (κ1) is 17.1. The number of carbonyl (C=O) groups is 1. The molecule has 2 aromatic carbocycles. The van der Waals surface area contributed by atoms with Crippen LogP contribution in [0.1, 0.15) is 43.4 Å². The van der Waals surface area contributed by atoms with E-state index in [1.165, 1.54) is 11.1 Å². The van der Waals surface area contributed by atoms with Crippen LogP contribution in [-0.4, -0.2) is 41.9 Å². The molecule has 1 atom stereocenters. The summed E-state index contributed by atoms with van der Waals surface area (Å²) in [5.74, 6) is 2.11. The number of benzene rings is 2. The number of carbonyl (C=O) groups excluding carboxylic acids is 1. The Labute approximate surface area is 155 Å². The smallest absolute Gasteiger partial charge is 0.222 e. The van der Waals surface area contributed by atoms with E-state index in [0.717, 1.165) is 37.4 Å². The van der Waals surface area contributed by atoms with Crippen molar-refractivity contribution in [2.24, 2.45) is 0 Å². The molecule has 2 aliphatic heterocycles. The number of hydrogen-bond donors (Lipinski definition) is 0. The molecule has 136 valence electrons. The predicted octanol–water partition coefficient (Wildman–Crippen LogP) is 4.21. The molecule has 4 rings (SSSR count). The van der Waals surface area contributed by atoms with Crippen molar-refractivity contribution in [1.82, 2.24) is 9.80 Å². The van der Waals surface area contributed by atoms with Crippen molar-refractivity contribution in [3.8, 4) is 11.5 Å². The highest BCUT2D eigenvalue weighted by molar-refractivity contribution is 5.75. The van der Waals surface area contributed by atoms with Gasteiger partial charge in [-0.15, -0.1) is 0 Å². The summed E-state index contributed by atoms with van der Waals surface area (Å²) < 4.78 is 6.14. The number of rotatable bonds is 3. The van der Waals surface area contributed by atoms with Gasteiger partial charge in [-0.2, -0.15) is 0 Å². The van der Waals surface area contributed by atoms with Crippen LogP contribution < -0.4 is 4.74 Å². The van der Waals surface area contributed by atoms with Crippen molar-refractivity contribution in [2.45, 2.75) is 38.3 Å². The van der Waals surface area contributed by atoms with Gasteiger partial charge in [-0.25, -0.2) is 0 Å². The van der Waals surface area contributed by atoms with E-state index in [-0.39, 0.29) is 18.0 Å². The molecule has 0 aliphatic carbocycles. The summed E-state index contributed by atoms with van der Waals surface area (Å²) in [7, 11) is 1.95. The molecule has 0 radical (unpaired) electrons. The third-order valence-corrected chi connectivity index (χ3v) is 5.68. The molecular weight excluding hydrogens is 324 g/mol. The summed E-state index contributed by atoms with van der Waals surface area (Å²) in [6.07, 6.45) is 2.74. The molecule has 1 unspecified atom stereocenters. The summed E-state index contributed by atoms with van der Waals surface area (Å²) in [6.45, 7) is 3.87. The van der Waals surface area contributed by atoms with E-state index in [1.54, 1.807) is 0 Å². The molecule has 0 spiro atoms. The lowest BCUT2D eigenvalue weighted by Crippen LogP contribution is -2.49. The second-order valence-electron chi connectivity index (χ2n) is 7.23. The Bertz CT molecular complexity index is 759. The zero-order valence-electron chi connectivity index (χ0n) is 15.5. The van der Waals surface area contributed by atoms with Crippen LogP contribution in [0.2, 0.25) is 0 Å². The highest BCUT2D eigenvalue weighted by atomic mass is 16.5. The maximum atomic E-state index is 12.2. The van der Waals surface area contributed by atoms with Gasteiger partial charge in [0.2, 0.25) is 5.91 Å². The van der Waals surface area contributed by atoms with E-state index < -0.39 is 0 Å². The van der Waals surface area contributed by atoms with Crippen LogP contribution in [0.5, 0.6) is 11.5 Å². The lowest BCUT2D eigenvalue weighted by atomic mass is 9.90. The average molecular weight is 350 g/mol. The van der Waals surface area contributed by atoms with Gasteiger partial charge in [-0.05, 0) is 31.5 Å². The molecule has 0 N–H and O–H groups in total. The van der Waals surface area contributed by atoms with Crippen molar-refractivity contribution in [2.75, 3.05) is 20.1 Å². The van der Waals surface area contributed by atoms with Gasteiger partial charge in [0.15, 0.2) is 0 Å². The number of fused-ring (bicyclic) bond motifs is 2. The summed E-state index contributed by atoms with van der Waals surface area (Å²) >= 11 is 0. The van der Waals surface area contributed by atoms with Gasteiger partial charge in [0.05, 0.1) is 6.04 Å². The molecule has 1 saturated heterocycles. The standard InChI is InChI=1S/C22H26N2O2/c1-3-21(25)23(2)16-9-8-14-24(15-16)22-17-10-4-6-12-19(17)26-20-13-7-5-11-18(20)22/h4-7,10-13,16,22H,3,8-9,14-15H2,1-2H3. The first-order chi connectivity index (χ1) is 12.7.